The fourth-order valence-electron chi connectivity index (χ4n) is 4.40. The zero-order chi connectivity index (χ0) is 23.7. The van der Waals surface area contributed by atoms with E-state index in [1.807, 2.05) is 91.0 Å². The molecule has 34 heavy (non-hydrogen) atoms. The molecule has 0 fully saturated rings. The minimum absolute atomic E-state index is 0.0828. The first-order valence-electron chi connectivity index (χ1n) is 10.6. The van der Waals surface area contributed by atoms with Crippen molar-refractivity contribution >= 4 is 0 Å². The van der Waals surface area contributed by atoms with Gasteiger partial charge in [0.2, 0.25) is 0 Å². The van der Waals surface area contributed by atoms with Gasteiger partial charge in [0.25, 0.3) is 0 Å². The summed E-state index contributed by atoms with van der Waals surface area (Å²) in [6, 6.07) is 28.8. The standard InChI is InChI=1S/C28H18F4N2/c29-23-16-24(30)27(32)25(26(23)31)19-17-33-34(18-19)28(20-10-4-1-5-11-20,21-12-6-2-7-13-21)22-14-8-3-9-15-22/h1-18H. The maximum Gasteiger partial charge on any atom is 0.169 e. The summed E-state index contributed by atoms with van der Waals surface area (Å²) in [7, 11) is 0. The van der Waals surface area contributed by atoms with Gasteiger partial charge < -0.3 is 0 Å². The van der Waals surface area contributed by atoms with E-state index < -0.39 is 34.4 Å². The van der Waals surface area contributed by atoms with Gasteiger partial charge in [-0.05, 0) is 16.7 Å². The van der Waals surface area contributed by atoms with Crippen molar-refractivity contribution in [3.63, 3.8) is 0 Å². The van der Waals surface area contributed by atoms with Crippen LogP contribution in [0.25, 0.3) is 11.1 Å². The topological polar surface area (TPSA) is 17.8 Å². The van der Waals surface area contributed by atoms with Gasteiger partial charge in [-0.15, -0.1) is 0 Å². The van der Waals surface area contributed by atoms with Gasteiger partial charge in [0, 0.05) is 17.8 Å². The molecule has 2 nitrogen and oxygen atoms in total. The van der Waals surface area contributed by atoms with E-state index in [1.54, 1.807) is 4.68 Å². The molecule has 4 aromatic carbocycles. The molecule has 0 radical (unpaired) electrons. The van der Waals surface area contributed by atoms with Crippen LogP contribution in [0.4, 0.5) is 17.6 Å². The number of aromatic nitrogens is 2. The second-order valence-electron chi connectivity index (χ2n) is 7.83. The number of rotatable bonds is 5. The highest BCUT2D eigenvalue weighted by molar-refractivity contribution is 5.64. The number of halogens is 4. The van der Waals surface area contributed by atoms with Crippen molar-refractivity contribution in [1.82, 2.24) is 9.78 Å². The Morgan fingerprint density at radius 3 is 1.41 bits per heavy atom. The summed E-state index contributed by atoms with van der Waals surface area (Å²) in [6.45, 7) is 0. The molecular formula is C28H18F4N2. The second kappa shape index (κ2) is 8.63. The third-order valence-electron chi connectivity index (χ3n) is 5.90. The van der Waals surface area contributed by atoms with E-state index >= 15 is 0 Å². The van der Waals surface area contributed by atoms with Crippen LogP contribution >= 0.6 is 0 Å². The molecule has 0 atom stereocenters. The molecule has 0 bridgehead atoms. The molecular weight excluding hydrogens is 440 g/mol. The summed E-state index contributed by atoms with van der Waals surface area (Å²) in [6.07, 6.45) is 2.62. The van der Waals surface area contributed by atoms with Crippen molar-refractivity contribution in [1.29, 1.82) is 0 Å². The monoisotopic (exact) mass is 458 g/mol. The Hall–Kier alpha value is -4.19. The van der Waals surface area contributed by atoms with Crippen LogP contribution < -0.4 is 0 Å². The summed E-state index contributed by atoms with van der Waals surface area (Å²) in [4.78, 5) is 0. The molecule has 0 N–H and O–H groups in total. The molecule has 6 heteroatoms. The zero-order valence-electron chi connectivity index (χ0n) is 17.8. The van der Waals surface area contributed by atoms with Crippen molar-refractivity contribution in [2.45, 2.75) is 5.54 Å². The van der Waals surface area contributed by atoms with Gasteiger partial charge in [0.1, 0.15) is 5.54 Å². The lowest BCUT2D eigenvalue weighted by atomic mass is 9.77. The Labute approximate surface area is 193 Å². The van der Waals surface area contributed by atoms with Crippen LogP contribution in [0.3, 0.4) is 0 Å². The number of benzene rings is 4. The van der Waals surface area contributed by atoms with Gasteiger partial charge >= 0.3 is 0 Å². The lowest BCUT2D eigenvalue weighted by Gasteiger charge is -2.36. The number of hydrogen-bond donors (Lipinski definition) is 0. The summed E-state index contributed by atoms with van der Waals surface area (Å²) in [5, 5.41) is 4.47. The number of hydrogen-bond acceptors (Lipinski definition) is 1. The molecule has 1 aromatic heterocycles. The molecule has 5 aromatic rings. The van der Waals surface area contributed by atoms with Gasteiger partial charge in [-0.2, -0.15) is 5.10 Å². The van der Waals surface area contributed by atoms with Crippen LogP contribution in [0.5, 0.6) is 0 Å². The molecule has 168 valence electrons. The van der Waals surface area contributed by atoms with Crippen LogP contribution in [-0.4, -0.2) is 9.78 Å². The zero-order valence-corrected chi connectivity index (χ0v) is 17.8. The predicted molar refractivity (Wildman–Crippen MR) is 122 cm³/mol. The normalized spacial score (nSPS) is 11.5. The maximum atomic E-state index is 14.6. The molecule has 0 aliphatic heterocycles. The quantitative estimate of drug-likeness (QED) is 0.158. The summed E-state index contributed by atoms with van der Waals surface area (Å²) >= 11 is 0. The second-order valence-corrected chi connectivity index (χ2v) is 7.83. The van der Waals surface area contributed by atoms with Crippen molar-refractivity contribution in [3.8, 4) is 11.1 Å². The molecule has 0 unspecified atom stereocenters. The Morgan fingerprint density at radius 2 is 1.00 bits per heavy atom. The van der Waals surface area contributed by atoms with E-state index in [-0.39, 0.29) is 11.6 Å². The Bertz CT molecular complexity index is 1310. The molecule has 0 aliphatic carbocycles. The van der Waals surface area contributed by atoms with Crippen LogP contribution in [0, 0.1) is 23.3 Å². The van der Waals surface area contributed by atoms with Gasteiger partial charge in [0.05, 0.1) is 11.8 Å². The average Bonchev–Trinajstić information content (AvgIpc) is 3.35. The molecule has 0 aliphatic rings. The van der Waals surface area contributed by atoms with E-state index in [4.69, 9.17) is 0 Å². The largest absolute Gasteiger partial charge is 0.252 e. The summed E-state index contributed by atoms with van der Waals surface area (Å²) < 4.78 is 58.6. The van der Waals surface area contributed by atoms with Gasteiger partial charge in [-0.1, -0.05) is 91.0 Å². The lowest BCUT2D eigenvalue weighted by Crippen LogP contribution is -2.38. The smallest absolute Gasteiger partial charge is 0.169 e. The molecule has 0 spiro atoms. The average molecular weight is 458 g/mol. The lowest BCUT2D eigenvalue weighted by molar-refractivity contribution is 0.456. The van der Waals surface area contributed by atoms with Gasteiger partial charge in [-0.3, -0.25) is 4.68 Å². The first-order chi connectivity index (χ1) is 16.5. The molecule has 1 heterocycles. The Balaban J connectivity index is 1.84. The Morgan fingerprint density at radius 1 is 0.588 bits per heavy atom. The summed E-state index contributed by atoms with van der Waals surface area (Å²) in [5.74, 6) is -5.88. The van der Waals surface area contributed by atoms with E-state index in [0.29, 0.717) is 0 Å². The van der Waals surface area contributed by atoms with Crippen LogP contribution in [0.2, 0.25) is 0 Å². The molecule has 0 saturated carbocycles. The van der Waals surface area contributed by atoms with Crippen LogP contribution in [0.15, 0.2) is 109 Å². The van der Waals surface area contributed by atoms with Gasteiger partial charge in [0.15, 0.2) is 23.3 Å². The van der Waals surface area contributed by atoms with Crippen molar-refractivity contribution in [2.24, 2.45) is 0 Å². The first kappa shape index (κ1) is 21.6. The molecule has 0 saturated heterocycles. The third-order valence-corrected chi connectivity index (χ3v) is 5.90. The van der Waals surface area contributed by atoms with E-state index in [9.17, 15) is 17.6 Å². The van der Waals surface area contributed by atoms with Crippen molar-refractivity contribution in [2.75, 3.05) is 0 Å². The summed E-state index contributed by atoms with van der Waals surface area (Å²) in [5.41, 5.74) is 0.614. The first-order valence-corrected chi connectivity index (χ1v) is 10.6. The number of nitrogens with zero attached hydrogens (tertiary/aromatic N) is 2. The highest BCUT2D eigenvalue weighted by atomic mass is 19.2. The van der Waals surface area contributed by atoms with E-state index in [0.717, 1.165) is 16.7 Å². The minimum atomic E-state index is -1.47. The predicted octanol–water partition coefficient (Wildman–Crippen LogP) is 6.95. The minimum Gasteiger partial charge on any atom is -0.252 e. The third kappa shape index (κ3) is 3.39. The maximum absolute atomic E-state index is 14.6. The van der Waals surface area contributed by atoms with Crippen molar-refractivity contribution < 1.29 is 17.6 Å². The van der Waals surface area contributed by atoms with Crippen LogP contribution in [-0.2, 0) is 5.54 Å². The van der Waals surface area contributed by atoms with E-state index in [2.05, 4.69) is 5.10 Å². The Kier molecular flexibility index (Phi) is 5.49. The highest BCUT2D eigenvalue weighted by Gasteiger charge is 2.39. The fraction of sp³-hybridized carbons (Fsp3) is 0.0357. The highest BCUT2D eigenvalue weighted by Crippen LogP contribution is 2.41. The van der Waals surface area contributed by atoms with Gasteiger partial charge in [-0.25, -0.2) is 17.6 Å². The molecule has 0 amide bonds. The molecule has 5 rings (SSSR count). The SMILES string of the molecule is Fc1cc(F)c(F)c(-c2cnn(C(c3ccccc3)(c3ccccc3)c3ccccc3)c2)c1F. The fourth-order valence-corrected chi connectivity index (χ4v) is 4.40. The van der Waals surface area contributed by atoms with Crippen molar-refractivity contribution in [3.05, 3.63) is 149 Å². The van der Waals surface area contributed by atoms with Crippen LogP contribution in [0.1, 0.15) is 16.7 Å². The van der Waals surface area contributed by atoms with E-state index in [1.165, 1.54) is 12.4 Å².